The molecule has 0 radical (unpaired) electrons. The van der Waals surface area contributed by atoms with Crippen molar-refractivity contribution in [2.24, 2.45) is 5.10 Å². The third-order valence-corrected chi connectivity index (χ3v) is 7.15. The maximum Gasteiger partial charge on any atom is 0.255 e. The van der Waals surface area contributed by atoms with E-state index in [2.05, 4.69) is 26.5 Å². The van der Waals surface area contributed by atoms with Crippen LogP contribution in [0.1, 0.15) is 16.7 Å². The van der Waals surface area contributed by atoms with Gasteiger partial charge in [-0.2, -0.15) is 9.41 Å². The number of benzene rings is 3. The predicted molar refractivity (Wildman–Crippen MR) is 133 cm³/mol. The molecular formula is C24H24BrN3O5S. The first kappa shape index (κ1) is 25.4. The molecule has 3 aromatic carbocycles. The van der Waals surface area contributed by atoms with Crippen LogP contribution in [0.3, 0.4) is 0 Å². The highest BCUT2D eigenvalue weighted by atomic mass is 79.9. The van der Waals surface area contributed by atoms with Crippen LogP contribution in [-0.2, 0) is 21.4 Å². The highest BCUT2D eigenvalue weighted by Gasteiger charge is 2.30. The van der Waals surface area contributed by atoms with Crippen molar-refractivity contribution in [2.75, 3.05) is 13.7 Å². The number of phenolic OH excluding ortho intramolecular Hbond substituents is 1. The minimum atomic E-state index is -4.10. The second-order valence-electron chi connectivity index (χ2n) is 7.41. The molecule has 1 amide bonds. The summed E-state index contributed by atoms with van der Waals surface area (Å²) in [7, 11) is -2.71. The normalized spacial score (nSPS) is 11.6. The SMILES string of the molecule is COc1ccc(C)cc1S(=O)(=O)N(CC(=O)N/N=C/c1cc(Br)ccc1O)Cc1ccccc1. The molecule has 0 aliphatic heterocycles. The topological polar surface area (TPSA) is 108 Å². The minimum absolute atomic E-state index is 0.0129. The second-order valence-corrected chi connectivity index (χ2v) is 10.2. The number of nitrogens with zero attached hydrogens (tertiary/aromatic N) is 2. The van der Waals surface area contributed by atoms with Gasteiger partial charge in [-0.1, -0.05) is 52.3 Å². The number of amides is 1. The number of nitrogens with one attached hydrogen (secondary N) is 1. The molecule has 0 atom stereocenters. The smallest absolute Gasteiger partial charge is 0.255 e. The van der Waals surface area contributed by atoms with E-state index in [-0.39, 0.29) is 22.9 Å². The van der Waals surface area contributed by atoms with Gasteiger partial charge in [-0.25, -0.2) is 13.8 Å². The Kier molecular flexibility index (Phi) is 8.43. The Balaban J connectivity index is 1.86. The van der Waals surface area contributed by atoms with Crippen LogP contribution in [0.5, 0.6) is 11.5 Å². The third kappa shape index (κ3) is 6.43. The number of phenols is 1. The average molecular weight is 546 g/mol. The summed E-state index contributed by atoms with van der Waals surface area (Å²) >= 11 is 3.30. The van der Waals surface area contributed by atoms with E-state index in [1.807, 2.05) is 6.07 Å². The van der Waals surface area contributed by atoms with E-state index in [1.54, 1.807) is 55.5 Å². The van der Waals surface area contributed by atoms with Crippen LogP contribution in [0.4, 0.5) is 0 Å². The number of halogens is 1. The van der Waals surface area contributed by atoms with Crippen molar-refractivity contribution in [1.29, 1.82) is 0 Å². The van der Waals surface area contributed by atoms with Gasteiger partial charge in [-0.05, 0) is 48.4 Å². The van der Waals surface area contributed by atoms with Crippen LogP contribution in [-0.4, -0.2) is 43.6 Å². The Bertz CT molecular complexity index is 1300. The first-order valence-electron chi connectivity index (χ1n) is 10.2. The molecule has 0 aliphatic carbocycles. The Labute approximate surface area is 207 Å². The summed E-state index contributed by atoms with van der Waals surface area (Å²) in [5.74, 6) is -0.467. The molecule has 0 unspecified atom stereocenters. The summed E-state index contributed by atoms with van der Waals surface area (Å²) < 4.78 is 34.2. The van der Waals surface area contributed by atoms with Crippen LogP contribution in [0.15, 0.2) is 81.2 Å². The minimum Gasteiger partial charge on any atom is -0.507 e. The summed E-state index contributed by atoms with van der Waals surface area (Å²) in [4.78, 5) is 12.6. The third-order valence-electron chi connectivity index (χ3n) is 4.84. The van der Waals surface area contributed by atoms with Crippen LogP contribution < -0.4 is 10.2 Å². The summed E-state index contributed by atoms with van der Waals surface area (Å²) in [5.41, 5.74) is 4.16. The Morgan fingerprint density at radius 2 is 1.88 bits per heavy atom. The zero-order valence-corrected chi connectivity index (χ0v) is 21.0. The lowest BCUT2D eigenvalue weighted by Crippen LogP contribution is -2.39. The van der Waals surface area contributed by atoms with E-state index in [4.69, 9.17) is 4.74 Å². The molecule has 0 aromatic heterocycles. The van der Waals surface area contributed by atoms with Gasteiger partial charge in [0.25, 0.3) is 5.91 Å². The number of methoxy groups -OCH3 is 1. The number of hydrogen-bond acceptors (Lipinski definition) is 6. The molecule has 0 bridgehead atoms. The lowest BCUT2D eigenvalue weighted by molar-refractivity contribution is -0.121. The van der Waals surface area contributed by atoms with Gasteiger partial charge in [0.15, 0.2) is 0 Å². The zero-order valence-electron chi connectivity index (χ0n) is 18.6. The molecule has 0 fully saturated rings. The quantitative estimate of drug-likeness (QED) is 0.314. The van der Waals surface area contributed by atoms with Gasteiger partial charge in [0.1, 0.15) is 16.4 Å². The van der Waals surface area contributed by atoms with Crippen LogP contribution in [0.25, 0.3) is 0 Å². The van der Waals surface area contributed by atoms with Crippen LogP contribution in [0, 0.1) is 6.92 Å². The standard InChI is InChI=1S/C24H24BrN3O5S/c1-17-8-11-22(33-2)23(12-17)34(31,32)28(15-18-6-4-3-5-7-18)16-24(30)27-26-14-19-13-20(25)9-10-21(19)29/h3-14,29H,15-16H2,1-2H3,(H,27,30)/b26-14+. The second kappa shape index (κ2) is 11.3. The van der Waals surface area contributed by atoms with E-state index >= 15 is 0 Å². The molecule has 178 valence electrons. The summed E-state index contributed by atoms with van der Waals surface area (Å²) in [6.07, 6.45) is 1.28. The number of rotatable bonds is 9. The van der Waals surface area contributed by atoms with E-state index in [9.17, 15) is 18.3 Å². The molecule has 34 heavy (non-hydrogen) atoms. The number of ether oxygens (including phenoxy) is 1. The Morgan fingerprint density at radius 1 is 1.15 bits per heavy atom. The van der Waals surface area contributed by atoms with Crippen molar-refractivity contribution in [3.63, 3.8) is 0 Å². The number of hydrogen-bond donors (Lipinski definition) is 2. The van der Waals surface area contributed by atoms with E-state index in [0.717, 1.165) is 14.3 Å². The predicted octanol–water partition coefficient (Wildman–Crippen LogP) is 3.81. The molecule has 0 spiro atoms. The first-order valence-corrected chi connectivity index (χ1v) is 12.4. The molecule has 0 heterocycles. The molecule has 10 heteroatoms. The van der Waals surface area contributed by atoms with Crippen molar-refractivity contribution in [2.45, 2.75) is 18.4 Å². The van der Waals surface area contributed by atoms with Crippen LogP contribution in [0.2, 0.25) is 0 Å². The fraction of sp³-hybridized carbons (Fsp3) is 0.167. The average Bonchev–Trinajstić information content (AvgIpc) is 2.81. The highest BCUT2D eigenvalue weighted by molar-refractivity contribution is 9.10. The highest BCUT2D eigenvalue weighted by Crippen LogP contribution is 2.28. The monoisotopic (exact) mass is 545 g/mol. The maximum absolute atomic E-state index is 13.6. The summed E-state index contributed by atoms with van der Waals surface area (Å²) in [5, 5.41) is 13.7. The molecule has 0 aliphatic rings. The number of carbonyl (C=O) groups is 1. The van der Waals surface area contributed by atoms with Gasteiger partial charge in [0, 0.05) is 16.6 Å². The van der Waals surface area contributed by atoms with Crippen molar-refractivity contribution in [3.05, 3.63) is 87.9 Å². The molecule has 3 aromatic rings. The van der Waals surface area contributed by atoms with Crippen molar-refractivity contribution >= 4 is 38.1 Å². The molecule has 3 rings (SSSR count). The Hall–Kier alpha value is -3.21. The van der Waals surface area contributed by atoms with Crippen molar-refractivity contribution in [3.8, 4) is 11.5 Å². The van der Waals surface area contributed by atoms with Gasteiger partial charge in [-0.3, -0.25) is 4.79 Å². The van der Waals surface area contributed by atoms with Crippen molar-refractivity contribution < 1.29 is 23.1 Å². The van der Waals surface area contributed by atoms with Gasteiger partial charge in [0.2, 0.25) is 10.0 Å². The number of aromatic hydroxyl groups is 1. The first-order chi connectivity index (χ1) is 16.2. The lowest BCUT2D eigenvalue weighted by Gasteiger charge is -2.23. The van der Waals surface area contributed by atoms with E-state index in [1.165, 1.54) is 25.5 Å². The van der Waals surface area contributed by atoms with Gasteiger partial charge < -0.3 is 9.84 Å². The van der Waals surface area contributed by atoms with E-state index < -0.39 is 22.5 Å². The molecule has 0 saturated carbocycles. The van der Waals surface area contributed by atoms with Gasteiger partial charge >= 0.3 is 0 Å². The fourth-order valence-electron chi connectivity index (χ4n) is 3.14. The lowest BCUT2D eigenvalue weighted by atomic mass is 10.2. The van der Waals surface area contributed by atoms with E-state index in [0.29, 0.717) is 11.1 Å². The molecule has 8 nitrogen and oxygen atoms in total. The largest absolute Gasteiger partial charge is 0.507 e. The molecule has 0 saturated heterocycles. The van der Waals surface area contributed by atoms with Gasteiger partial charge in [0.05, 0.1) is 19.9 Å². The zero-order chi connectivity index (χ0) is 24.7. The molecular weight excluding hydrogens is 522 g/mol. The summed E-state index contributed by atoms with van der Waals surface area (Å²) in [6, 6.07) is 18.6. The number of hydrazone groups is 1. The molecule has 2 N–H and O–H groups in total. The number of aryl methyl sites for hydroxylation is 1. The Morgan fingerprint density at radius 3 is 2.59 bits per heavy atom. The fourth-order valence-corrected chi connectivity index (χ4v) is 5.14. The number of carbonyl (C=O) groups excluding carboxylic acids is 1. The van der Waals surface area contributed by atoms with Crippen molar-refractivity contribution in [1.82, 2.24) is 9.73 Å². The number of sulfonamides is 1. The van der Waals surface area contributed by atoms with Gasteiger partial charge in [-0.15, -0.1) is 0 Å². The van der Waals surface area contributed by atoms with Crippen LogP contribution >= 0.6 is 15.9 Å². The maximum atomic E-state index is 13.6. The summed E-state index contributed by atoms with van der Waals surface area (Å²) in [6.45, 7) is 1.28.